The molecule has 0 aromatic heterocycles. The van der Waals surface area contributed by atoms with E-state index in [-0.39, 0.29) is 0 Å². The standard InChI is InChI=1S/C12H26N2S/c1-11-4-6-12(10-13,7-5-11)14(2)8-9-15-3/h11H,4-10,13H2,1-3H3. The molecule has 0 unspecified atom stereocenters. The summed E-state index contributed by atoms with van der Waals surface area (Å²) in [6.45, 7) is 4.36. The Labute approximate surface area is 99.0 Å². The highest BCUT2D eigenvalue weighted by molar-refractivity contribution is 7.98. The molecule has 0 aromatic rings. The molecule has 1 aliphatic carbocycles. The lowest BCUT2D eigenvalue weighted by Gasteiger charge is -2.45. The lowest BCUT2D eigenvalue weighted by Crippen LogP contribution is -2.54. The van der Waals surface area contributed by atoms with Crippen molar-refractivity contribution in [3.8, 4) is 0 Å². The second-order valence-electron chi connectivity index (χ2n) is 5.03. The maximum Gasteiger partial charge on any atom is 0.0329 e. The van der Waals surface area contributed by atoms with Gasteiger partial charge in [-0.3, -0.25) is 4.90 Å². The highest BCUT2D eigenvalue weighted by atomic mass is 32.2. The second-order valence-corrected chi connectivity index (χ2v) is 6.01. The smallest absolute Gasteiger partial charge is 0.0329 e. The highest BCUT2D eigenvalue weighted by Crippen LogP contribution is 2.35. The minimum atomic E-state index is 0.308. The van der Waals surface area contributed by atoms with E-state index in [2.05, 4.69) is 25.1 Å². The predicted octanol–water partition coefficient (Wildman–Crippen LogP) is 2.19. The van der Waals surface area contributed by atoms with Crippen LogP contribution in [0.25, 0.3) is 0 Å². The van der Waals surface area contributed by atoms with Crippen molar-refractivity contribution >= 4 is 11.8 Å². The quantitative estimate of drug-likeness (QED) is 0.785. The maximum atomic E-state index is 6.01. The van der Waals surface area contributed by atoms with E-state index in [1.807, 2.05) is 11.8 Å². The predicted molar refractivity (Wildman–Crippen MR) is 70.4 cm³/mol. The molecular weight excluding hydrogens is 204 g/mol. The molecule has 0 bridgehead atoms. The lowest BCUT2D eigenvalue weighted by molar-refractivity contribution is 0.0736. The van der Waals surface area contributed by atoms with Crippen molar-refractivity contribution < 1.29 is 0 Å². The molecule has 3 heteroatoms. The summed E-state index contributed by atoms with van der Waals surface area (Å²) in [4.78, 5) is 2.51. The fourth-order valence-electron chi connectivity index (χ4n) is 2.51. The summed E-state index contributed by atoms with van der Waals surface area (Å²) < 4.78 is 0. The zero-order valence-corrected chi connectivity index (χ0v) is 11.3. The first-order chi connectivity index (χ1) is 7.14. The van der Waals surface area contributed by atoms with Gasteiger partial charge in [0, 0.05) is 24.4 Å². The SMILES string of the molecule is CSCCN(C)C1(CN)CCC(C)CC1. The largest absolute Gasteiger partial charge is 0.329 e. The molecule has 0 saturated heterocycles. The summed E-state index contributed by atoms with van der Waals surface area (Å²) in [5, 5.41) is 0. The Kier molecular flexibility index (Phi) is 5.44. The van der Waals surface area contributed by atoms with Crippen LogP contribution < -0.4 is 5.73 Å². The van der Waals surface area contributed by atoms with Crippen LogP contribution in [0, 0.1) is 5.92 Å². The van der Waals surface area contributed by atoms with Gasteiger partial charge < -0.3 is 5.73 Å². The Morgan fingerprint density at radius 1 is 1.40 bits per heavy atom. The average Bonchev–Trinajstić information content (AvgIpc) is 2.27. The lowest BCUT2D eigenvalue weighted by atomic mass is 9.76. The minimum absolute atomic E-state index is 0.308. The van der Waals surface area contributed by atoms with E-state index < -0.39 is 0 Å². The van der Waals surface area contributed by atoms with Gasteiger partial charge in [0.25, 0.3) is 0 Å². The summed E-state index contributed by atoms with van der Waals surface area (Å²) in [6, 6.07) is 0. The summed E-state index contributed by atoms with van der Waals surface area (Å²) in [5.41, 5.74) is 6.32. The molecule has 1 fully saturated rings. The van der Waals surface area contributed by atoms with Crippen LogP contribution >= 0.6 is 11.8 Å². The molecule has 1 saturated carbocycles. The van der Waals surface area contributed by atoms with Crippen LogP contribution in [0.3, 0.4) is 0 Å². The van der Waals surface area contributed by atoms with E-state index in [0.29, 0.717) is 5.54 Å². The van der Waals surface area contributed by atoms with Gasteiger partial charge in [0.15, 0.2) is 0 Å². The zero-order valence-electron chi connectivity index (χ0n) is 10.5. The Bertz CT molecular complexity index is 176. The first kappa shape index (κ1) is 13.3. The molecule has 0 aliphatic heterocycles. The molecule has 0 amide bonds. The van der Waals surface area contributed by atoms with E-state index in [1.54, 1.807) is 0 Å². The molecule has 2 nitrogen and oxygen atoms in total. The van der Waals surface area contributed by atoms with Crippen molar-refractivity contribution in [3.05, 3.63) is 0 Å². The highest BCUT2D eigenvalue weighted by Gasteiger charge is 2.36. The Hall–Kier alpha value is 0.270. The monoisotopic (exact) mass is 230 g/mol. The number of nitrogens with zero attached hydrogens (tertiary/aromatic N) is 1. The van der Waals surface area contributed by atoms with Crippen LogP contribution in [0.1, 0.15) is 32.6 Å². The summed E-state index contributed by atoms with van der Waals surface area (Å²) >= 11 is 1.92. The minimum Gasteiger partial charge on any atom is -0.329 e. The topological polar surface area (TPSA) is 29.3 Å². The van der Waals surface area contributed by atoms with Crippen LogP contribution in [0.15, 0.2) is 0 Å². The van der Waals surface area contributed by atoms with Gasteiger partial charge in [-0.15, -0.1) is 0 Å². The number of thioether (sulfide) groups is 1. The molecule has 2 N–H and O–H groups in total. The normalized spacial score (nSPS) is 32.2. The number of hydrogen-bond acceptors (Lipinski definition) is 3. The van der Waals surface area contributed by atoms with Crippen molar-refractivity contribution in [2.45, 2.75) is 38.1 Å². The average molecular weight is 230 g/mol. The van der Waals surface area contributed by atoms with Crippen molar-refractivity contribution in [3.63, 3.8) is 0 Å². The third-order valence-corrected chi connectivity index (χ3v) is 4.62. The maximum absolute atomic E-state index is 6.01. The first-order valence-electron chi connectivity index (χ1n) is 6.05. The zero-order chi connectivity index (χ0) is 11.3. The molecule has 0 aromatic carbocycles. The van der Waals surface area contributed by atoms with E-state index in [9.17, 15) is 0 Å². The number of rotatable bonds is 5. The van der Waals surface area contributed by atoms with Gasteiger partial charge in [-0.25, -0.2) is 0 Å². The fourth-order valence-corrected chi connectivity index (χ4v) is 2.96. The van der Waals surface area contributed by atoms with E-state index in [1.165, 1.54) is 38.0 Å². The van der Waals surface area contributed by atoms with Crippen molar-refractivity contribution in [1.82, 2.24) is 4.90 Å². The van der Waals surface area contributed by atoms with Crippen molar-refractivity contribution in [1.29, 1.82) is 0 Å². The van der Waals surface area contributed by atoms with Crippen LogP contribution in [-0.4, -0.2) is 42.6 Å². The molecule has 1 aliphatic rings. The van der Waals surface area contributed by atoms with Crippen LogP contribution in [0.2, 0.25) is 0 Å². The molecule has 0 heterocycles. The molecule has 0 radical (unpaired) electrons. The van der Waals surface area contributed by atoms with Gasteiger partial charge in [-0.2, -0.15) is 11.8 Å². The van der Waals surface area contributed by atoms with Gasteiger partial charge in [0.05, 0.1) is 0 Å². The fraction of sp³-hybridized carbons (Fsp3) is 1.00. The van der Waals surface area contributed by atoms with Gasteiger partial charge in [0.1, 0.15) is 0 Å². The van der Waals surface area contributed by atoms with Crippen molar-refractivity contribution in [2.75, 3.05) is 32.1 Å². The number of likely N-dealkylation sites (N-methyl/N-ethyl adjacent to an activating group) is 1. The van der Waals surface area contributed by atoms with Gasteiger partial charge in [0.2, 0.25) is 0 Å². The Morgan fingerprint density at radius 2 is 2.00 bits per heavy atom. The molecule has 0 atom stereocenters. The van der Waals surface area contributed by atoms with E-state index in [4.69, 9.17) is 5.73 Å². The van der Waals surface area contributed by atoms with Crippen LogP contribution in [0.5, 0.6) is 0 Å². The molecule has 1 rings (SSSR count). The molecule has 90 valence electrons. The number of hydrogen-bond donors (Lipinski definition) is 1. The second kappa shape index (κ2) is 6.12. The van der Waals surface area contributed by atoms with Gasteiger partial charge >= 0.3 is 0 Å². The summed E-state index contributed by atoms with van der Waals surface area (Å²) in [7, 11) is 2.25. The third kappa shape index (κ3) is 3.36. The Morgan fingerprint density at radius 3 is 2.47 bits per heavy atom. The first-order valence-corrected chi connectivity index (χ1v) is 7.44. The number of nitrogens with two attached hydrogens (primary N) is 1. The van der Waals surface area contributed by atoms with Crippen molar-refractivity contribution in [2.24, 2.45) is 11.7 Å². The molecule has 0 spiro atoms. The van der Waals surface area contributed by atoms with E-state index >= 15 is 0 Å². The van der Waals surface area contributed by atoms with Gasteiger partial charge in [-0.05, 0) is 44.9 Å². The molecular formula is C12H26N2S. The Balaban J connectivity index is 2.51. The van der Waals surface area contributed by atoms with Crippen LogP contribution in [0.4, 0.5) is 0 Å². The molecule has 15 heavy (non-hydrogen) atoms. The summed E-state index contributed by atoms with van der Waals surface area (Å²) in [5.74, 6) is 2.12. The van der Waals surface area contributed by atoms with Gasteiger partial charge in [-0.1, -0.05) is 6.92 Å². The summed E-state index contributed by atoms with van der Waals surface area (Å²) in [6.07, 6.45) is 7.44. The van der Waals surface area contributed by atoms with Crippen LogP contribution in [-0.2, 0) is 0 Å². The third-order valence-electron chi connectivity index (χ3n) is 4.03. The van der Waals surface area contributed by atoms with E-state index in [0.717, 1.165) is 12.5 Å².